The van der Waals surface area contributed by atoms with Crippen LogP contribution < -0.4 is 15.3 Å². The molecule has 0 aromatic heterocycles. The van der Waals surface area contributed by atoms with Crippen LogP contribution in [0.3, 0.4) is 0 Å². The second kappa shape index (κ2) is 14.2. The Bertz CT molecular complexity index is 3210. The number of benzene rings is 9. The van der Waals surface area contributed by atoms with Crippen LogP contribution in [0.5, 0.6) is 0 Å². The van der Waals surface area contributed by atoms with E-state index < -0.39 is 5.60 Å². The van der Waals surface area contributed by atoms with Gasteiger partial charge in [-0.15, -0.1) is 0 Å². The Kier molecular flexibility index (Phi) is 8.34. The summed E-state index contributed by atoms with van der Waals surface area (Å²) in [4.78, 5) is 7.54. The minimum Gasteiger partial charge on any atom is -0.464 e. The summed E-state index contributed by atoms with van der Waals surface area (Å²) >= 11 is 0. The van der Waals surface area contributed by atoms with Gasteiger partial charge in [0, 0.05) is 34.3 Å². The fourth-order valence-corrected chi connectivity index (χ4v) is 8.99. The van der Waals surface area contributed by atoms with E-state index in [0.717, 1.165) is 51.1 Å². The zero-order valence-electron chi connectivity index (χ0n) is 32.7. The summed E-state index contributed by atoms with van der Waals surface area (Å²) < 4.78 is 6.63. The first kappa shape index (κ1) is 34.7. The molecule has 0 saturated carbocycles. The van der Waals surface area contributed by atoms with Crippen molar-refractivity contribution in [3.05, 3.63) is 222 Å². The molecule has 3 heteroatoms. The van der Waals surface area contributed by atoms with Gasteiger partial charge in [-0.25, -0.2) is 4.99 Å². The number of hydrogen-bond acceptors (Lipinski definition) is 3. The van der Waals surface area contributed by atoms with Crippen molar-refractivity contribution >= 4 is 56.3 Å². The number of rotatable bonds is 7. The molecule has 0 amide bonds. The topological polar surface area (TPSA) is 24.8 Å². The summed E-state index contributed by atoms with van der Waals surface area (Å²) in [6.07, 6.45) is 3.07. The first-order chi connectivity index (χ1) is 29.1. The maximum Gasteiger partial charge on any atom is 0.222 e. The van der Waals surface area contributed by atoms with Crippen LogP contribution in [0.15, 0.2) is 211 Å². The molecule has 59 heavy (non-hydrogen) atoms. The molecule has 3 nitrogen and oxygen atoms in total. The van der Waals surface area contributed by atoms with Crippen molar-refractivity contribution < 1.29 is 4.74 Å². The molecule has 0 saturated heterocycles. The number of hydrogen-bond donors (Lipinski definition) is 0. The van der Waals surface area contributed by atoms with Crippen LogP contribution in [0.2, 0.25) is 0 Å². The Morgan fingerprint density at radius 2 is 1.05 bits per heavy atom. The third kappa shape index (κ3) is 6.11. The third-order valence-electron chi connectivity index (χ3n) is 12.0. The molecule has 9 aromatic rings. The second-order valence-corrected chi connectivity index (χ2v) is 15.7. The monoisotopic (exact) mass is 756 g/mol. The highest BCUT2D eigenvalue weighted by atomic mass is 16.5. The van der Waals surface area contributed by atoms with Gasteiger partial charge < -0.3 is 9.64 Å². The summed E-state index contributed by atoms with van der Waals surface area (Å²) in [5, 5.41) is 7.39. The Morgan fingerprint density at radius 3 is 1.78 bits per heavy atom. The van der Waals surface area contributed by atoms with E-state index >= 15 is 0 Å². The minimum atomic E-state index is -0.528. The maximum absolute atomic E-state index is 6.63. The molecule has 1 aliphatic heterocycles. The predicted octanol–water partition coefficient (Wildman–Crippen LogP) is 13.0. The van der Waals surface area contributed by atoms with Crippen molar-refractivity contribution in [3.63, 3.8) is 0 Å². The van der Waals surface area contributed by atoms with Crippen LogP contribution in [0.1, 0.15) is 18.9 Å². The predicted molar refractivity (Wildman–Crippen MR) is 247 cm³/mol. The van der Waals surface area contributed by atoms with E-state index in [1.54, 1.807) is 0 Å². The van der Waals surface area contributed by atoms with Crippen LogP contribution in [-0.2, 0) is 4.74 Å². The molecule has 1 heterocycles. The molecule has 0 bridgehead atoms. The van der Waals surface area contributed by atoms with Crippen LogP contribution >= 0.6 is 0 Å². The van der Waals surface area contributed by atoms with Gasteiger partial charge in [0.15, 0.2) is 5.60 Å². The van der Waals surface area contributed by atoms with Gasteiger partial charge >= 0.3 is 0 Å². The fourth-order valence-electron chi connectivity index (χ4n) is 8.99. The molecule has 1 aliphatic carbocycles. The lowest BCUT2D eigenvalue weighted by molar-refractivity contribution is 0.157. The molecule has 2 aliphatic rings. The van der Waals surface area contributed by atoms with Crippen LogP contribution in [-0.4, -0.2) is 11.5 Å². The summed E-state index contributed by atoms with van der Waals surface area (Å²) in [5.41, 5.74) is 11.8. The zero-order valence-corrected chi connectivity index (χ0v) is 32.7. The number of anilines is 3. The van der Waals surface area contributed by atoms with Gasteiger partial charge in [0.1, 0.15) is 0 Å². The lowest BCUT2D eigenvalue weighted by Gasteiger charge is -2.27. The van der Waals surface area contributed by atoms with Crippen LogP contribution in [0.25, 0.3) is 66.7 Å². The first-order valence-corrected chi connectivity index (χ1v) is 20.3. The smallest absolute Gasteiger partial charge is 0.222 e. The van der Waals surface area contributed by atoms with Gasteiger partial charge in [0.25, 0.3) is 0 Å². The van der Waals surface area contributed by atoms with E-state index in [1.807, 2.05) is 18.2 Å². The quantitative estimate of drug-likeness (QED) is 0.151. The van der Waals surface area contributed by atoms with Crippen LogP contribution in [0, 0.1) is 0 Å². The Morgan fingerprint density at radius 1 is 0.458 bits per heavy atom. The second-order valence-electron chi connectivity index (χ2n) is 15.7. The first-order valence-electron chi connectivity index (χ1n) is 20.3. The number of aliphatic imine (C=N–C) groups is 1. The minimum absolute atomic E-state index is 0.528. The Hall–Kier alpha value is -7.49. The van der Waals surface area contributed by atoms with E-state index in [-0.39, 0.29) is 0 Å². The molecule has 0 fully saturated rings. The summed E-state index contributed by atoms with van der Waals surface area (Å²) in [6.45, 7) is 2.16. The Labute approximate surface area is 344 Å². The molecule has 1 atom stereocenters. The molecule has 0 N–H and O–H groups in total. The molecule has 0 radical (unpaired) electrons. The molecular weight excluding hydrogens is 717 g/mol. The molecule has 9 aromatic carbocycles. The maximum atomic E-state index is 6.63. The SMILES string of the molecule is CC12CC=c3cccc(-c4ccc(N(c5ccc(-c6cc7ccccc7c7ccccc67)cc5)c5cccc(-c6ccccc6)c5)cc4)c3=C1N=C(c1ccccc1)O2. The molecule has 1 unspecified atom stereocenters. The highest BCUT2D eigenvalue weighted by Gasteiger charge is 2.40. The molecular formula is C56H40N2O. The number of fused-ring (bicyclic) bond motifs is 5. The van der Waals surface area contributed by atoms with E-state index in [9.17, 15) is 0 Å². The van der Waals surface area contributed by atoms with Crippen molar-refractivity contribution in [2.24, 2.45) is 4.99 Å². The van der Waals surface area contributed by atoms with Crippen molar-refractivity contribution in [1.29, 1.82) is 0 Å². The van der Waals surface area contributed by atoms with Gasteiger partial charge in [0.2, 0.25) is 5.90 Å². The lowest BCUT2D eigenvalue weighted by atomic mass is 9.88. The van der Waals surface area contributed by atoms with E-state index in [0.29, 0.717) is 5.90 Å². The van der Waals surface area contributed by atoms with Gasteiger partial charge in [-0.05, 0) is 122 Å². The fraction of sp³-hybridized carbons (Fsp3) is 0.0536. The van der Waals surface area contributed by atoms with Crippen LogP contribution in [0.4, 0.5) is 17.1 Å². The van der Waals surface area contributed by atoms with Gasteiger partial charge in [0.05, 0.1) is 5.70 Å². The highest BCUT2D eigenvalue weighted by molar-refractivity contribution is 6.13. The summed E-state index contributed by atoms with van der Waals surface area (Å²) in [6, 6.07) is 74.0. The van der Waals surface area contributed by atoms with E-state index in [1.165, 1.54) is 49.0 Å². The van der Waals surface area contributed by atoms with E-state index in [4.69, 9.17) is 9.73 Å². The molecule has 11 rings (SSSR count). The Balaban J connectivity index is 1.03. The van der Waals surface area contributed by atoms with Crippen molar-refractivity contribution in [2.45, 2.75) is 18.9 Å². The lowest BCUT2D eigenvalue weighted by Crippen LogP contribution is -2.41. The average Bonchev–Trinajstić information content (AvgIpc) is 3.68. The molecule has 280 valence electrons. The van der Waals surface area contributed by atoms with Gasteiger partial charge in [-0.1, -0.05) is 158 Å². The largest absolute Gasteiger partial charge is 0.464 e. The zero-order chi connectivity index (χ0) is 39.3. The van der Waals surface area contributed by atoms with Crippen molar-refractivity contribution in [2.75, 3.05) is 4.90 Å². The third-order valence-corrected chi connectivity index (χ3v) is 12.0. The average molecular weight is 757 g/mol. The standard InChI is InChI=1S/C56H40N2O/c1-56-35-34-41-19-13-25-49(53(41)54(56)57-55(59-56)42-16-6-3-7-17-42)39-26-30-45(31-27-39)58(47-21-12-20-43(36-47)38-14-4-2-5-15-38)46-32-28-40(29-33-46)52-37-44-18-8-9-22-48(44)50-23-10-11-24-51(50)52/h2-34,36-37H,35H2,1H3. The highest BCUT2D eigenvalue weighted by Crippen LogP contribution is 2.41. The summed E-state index contributed by atoms with van der Waals surface area (Å²) in [7, 11) is 0. The van der Waals surface area contributed by atoms with Gasteiger partial charge in [-0.2, -0.15) is 0 Å². The number of ether oxygens (including phenoxy) is 1. The van der Waals surface area contributed by atoms with E-state index in [2.05, 4.69) is 206 Å². The summed E-state index contributed by atoms with van der Waals surface area (Å²) in [5.74, 6) is 0.683. The normalized spacial score (nSPS) is 15.5. The van der Waals surface area contributed by atoms with Crippen molar-refractivity contribution in [3.8, 4) is 33.4 Å². The van der Waals surface area contributed by atoms with Crippen molar-refractivity contribution in [1.82, 2.24) is 0 Å². The number of nitrogens with zero attached hydrogens (tertiary/aromatic N) is 2. The molecule has 0 spiro atoms. The van der Waals surface area contributed by atoms with Gasteiger partial charge in [-0.3, -0.25) is 0 Å².